The third-order valence-electron chi connectivity index (χ3n) is 5.17. The lowest BCUT2D eigenvalue weighted by Gasteiger charge is -2.46. The Morgan fingerprint density at radius 3 is 1.71 bits per heavy atom. The van der Waals surface area contributed by atoms with Crippen LogP contribution in [0.15, 0.2) is 0 Å². The largest absolute Gasteiger partial charge is 0.437 e. The van der Waals surface area contributed by atoms with Gasteiger partial charge < -0.3 is 26.9 Å². The summed E-state index contributed by atoms with van der Waals surface area (Å²) in [5.74, 6) is 0. The molecule has 1 saturated heterocycles. The first kappa shape index (κ1) is 32.8. The van der Waals surface area contributed by atoms with Gasteiger partial charge in [-0.25, -0.2) is 0 Å². The van der Waals surface area contributed by atoms with Crippen molar-refractivity contribution in [3.63, 3.8) is 0 Å². The van der Waals surface area contributed by atoms with Gasteiger partial charge in [0.15, 0.2) is 16.6 Å². The number of nitrogens with two attached hydrogens (primary N) is 1. The minimum atomic E-state index is -2.46. The van der Waals surface area contributed by atoms with E-state index in [4.69, 9.17) is 26.9 Å². The number of piperidine rings is 1. The molecule has 1 fully saturated rings. The molecule has 1 heterocycles. The molecule has 12 heteroatoms. The monoisotopic (exact) mass is 568 g/mol. The van der Waals surface area contributed by atoms with Crippen molar-refractivity contribution >= 4 is 42.3 Å². The topological polar surface area (TPSA) is 84.2 Å². The highest BCUT2D eigenvalue weighted by Gasteiger charge is 2.46. The molecule has 7 nitrogen and oxygen atoms in total. The fraction of sp³-hybridized carbons (Fsp3) is 1.00. The van der Waals surface area contributed by atoms with E-state index >= 15 is 0 Å². The van der Waals surface area contributed by atoms with Gasteiger partial charge in [0.25, 0.3) is 0 Å². The summed E-state index contributed by atoms with van der Waals surface area (Å²) in [6.45, 7) is 31.2. The lowest BCUT2D eigenvalue weighted by molar-refractivity contribution is -0.0243. The molecule has 0 aromatic carbocycles. The zero-order valence-electron chi connectivity index (χ0n) is 24.7. The minimum absolute atomic E-state index is 0.0264. The van der Waals surface area contributed by atoms with Crippen LogP contribution in [0.4, 0.5) is 0 Å². The highest BCUT2D eigenvalue weighted by atomic mass is 28.5. The lowest BCUT2D eigenvalue weighted by atomic mass is 9.84. The average molecular weight is 569 g/mol. The van der Waals surface area contributed by atoms with E-state index in [-0.39, 0.29) is 11.6 Å². The maximum absolute atomic E-state index is 6.86. The molecule has 0 bridgehead atoms. The van der Waals surface area contributed by atoms with Gasteiger partial charge in [-0.2, -0.15) is 0 Å². The SMILES string of the molecule is CC1(C)CC(OCCC[Si](C)(O[Si](C)(C)C)O[Si](C)(C)O[Si](C)(C)O[Si](C)(C)C)CC(C)(N)N1. The molecular weight excluding hydrogens is 513 g/mol. The predicted molar refractivity (Wildman–Crippen MR) is 156 cm³/mol. The fourth-order valence-corrected chi connectivity index (χ4v) is 28.6. The Bertz CT molecular complexity index is 649. The smallest absolute Gasteiger partial charge is 0.315 e. The first-order valence-corrected chi connectivity index (χ1v) is 27.8. The van der Waals surface area contributed by atoms with Crippen molar-refractivity contribution in [2.45, 2.75) is 135 Å². The predicted octanol–water partition coefficient (Wildman–Crippen LogP) is 5.81. The molecule has 0 aromatic heterocycles. The van der Waals surface area contributed by atoms with Crippen LogP contribution in [0.5, 0.6) is 0 Å². The molecule has 1 aliphatic rings. The van der Waals surface area contributed by atoms with E-state index in [9.17, 15) is 0 Å². The Morgan fingerprint density at radius 2 is 1.24 bits per heavy atom. The van der Waals surface area contributed by atoms with Crippen LogP contribution in [0.2, 0.25) is 78.1 Å². The van der Waals surface area contributed by atoms with Crippen molar-refractivity contribution in [1.82, 2.24) is 5.32 Å². The molecule has 34 heavy (non-hydrogen) atoms. The third-order valence-corrected chi connectivity index (χ3v) is 22.7. The summed E-state index contributed by atoms with van der Waals surface area (Å²) >= 11 is 0. The molecule has 0 aliphatic carbocycles. The molecular formula is C22H56N2O5Si5. The zero-order valence-corrected chi connectivity index (χ0v) is 29.7. The Hall–Kier alpha value is 0.804. The molecule has 3 atom stereocenters. The van der Waals surface area contributed by atoms with Crippen molar-refractivity contribution in [3.8, 4) is 0 Å². The summed E-state index contributed by atoms with van der Waals surface area (Å²) in [5, 5.41) is 3.52. The Kier molecular flexibility index (Phi) is 10.9. The number of hydrogen-bond acceptors (Lipinski definition) is 7. The van der Waals surface area contributed by atoms with E-state index in [0.717, 1.165) is 25.3 Å². The van der Waals surface area contributed by atoms with Crippen LogP contribution in [0.3, 0.4) is 0 Å². The maximum Gasteiger partial charge on any atom is 0.315 e. The van der Waals surface area contributed by atoms with Gasteiger partial charge in [-0.1, -0.05) is 0 Å². The number of nitrogens with one attached hydrogen (secondary N) is 1. The average Bonchev–Trinajstić information content (AvgIpc) is 2.41. The van der Waals surface area contributed by atoms with Gasteiger partial charge in [-0.3, -0.25) is 5.32 Å². The summed E-state index contributed by atoms with van der Waals surface area (Å²) in [5.41, 5.74) is 5.98. The number of ether oxygens (including phenoxy) is 1. The Morgan fingerprint density at radius 1 is 0.735 bits per heavy atom. The van der Waals surface area contributed by atoms with E-state index in [1.165, 1.54) is 0 Å². The van der Waals surface area contributed by atoms with Crippen LogP contribution in [-0.4, -0.2) is 66.2 Å². The lowest BCUT2D eigenvalue weighted by Crippen LogP contribution is -2.65. The van der Waals surface area contributed by atoms with Gasteiger partial charge in [0, 0.05) is 18.6 Å². The van der Waals surface area contributed by atoms with Gasteiger partial charge in [0.2, 0.25) is 0 Å². The molecule has 3 unspecified atom stereocenters. The van der Waals surface area contributed by atoms with Crippen LogP contribution < -0.4 is 11.1 Å². The standard InChI is InChI=1S/C22H56N2O5Si5/c1-21(2)18-20(19-22(3,23)24-21)25-16-15-17-34(14,27-31(7,8)9)29-33(12,13)28-32(10,11)26-30(4,5)6/h20,24H,15-19,23H2,1-14H3. The molecule has 1 rings (SSSR count). The van der Waals surface area contributed by atoms with Gasteiger partial charge in [-0.15, -0.1) is 0 Å². The summed E-state index contributed by atoms with van der Waals surface area (Å²) in [6, 6.07) is 0.891. The fourth-order valence-electron chi connectivity index (χ4n) is 5.41. The zero-order chi connectivity index (χ0) is 26.9. The van der Waals surface area contributed by atoms with E-state index < -0.39 is 48.0 Å². The number of rotatable bonds is 13. The summed E-state index contributed by atoms with van der Waals surface area (Å²) < 4.78 is 33.0. The van der Waals surface area contributed by atoms with Crippen molar-refractivity contribution in [1.29, 1.82) is 0 Å². The summed E-state index contributed by atoms with van der Waals surface area (Å²) in [7, 11) is -10.7. The van der Waals surface area contributed by atoms with Crippen molar-refractivity contribution < 1.29 is 21.2 Å². The minimum Gasteiger partial charge on any atom is -0.437 e. The van der Waals surface area contributed by atoms with Gasteiger partial charge in [-0.05, 0) is 112 Å². The quantitative estimate of drug-likeness (QED) is 0.214. The first-order chi connectivity index (χ1) is 14.8. The molecule has 0 radical (unpaired) electrons. The van der Waals surface area contributed by atoms with Crippen LogP contribution in [0, 0.1) is 0 Å². The molecule has 0 saturated carbocycles. The first-order valence-electron chi connectivity index (χ1n) is 12.8. The van der Waals surface area contributed by atoms with Crippen molar-refractivity contribution in [3.05, 3.63) is 0 Å². The molecule has 0 spiro atoms. The summed E-state index contributed by atoms with van der Waals surface area (Å²) in [4.78, 5) is 0. The van der Waals surface area contributed by atoms with Gasteiger partial charge in [0.1, 0.15) is 0 Å². The highest BCUT2D eigenvalue weighted by molar-refractivity contribution is 6.90. The number of hydrogen-bond donors (Lipinski definition) is 2. The summed E-state index contributed by atoms with van der Waals surface area (Å²) in [6.07, 6.45) is 2.85. The van der Waals surface area contributed by atoms with Crippen LogP contribution in [0.1, 0.15) is 40.0 Å². The van der Waals surface area contributed by atoms with E-state index in [1.807, 2.05) is 6.92 Å². The van der Waals surface area contributed by atoms with Crippen LogP contribution in [0.25, 0.3) is 0 Å². The van der Waals surface area contributed by atoms with E-state index in [1.54, 1.807) is 0 Å². The molecule has 1 aliphatic heterocycles. The van der Waals surface area contributed by atoms with Crippen molar-refractivity contribution in [2.75, 3.05) is 6.61 Å². The maximum atomic E-state index is 6.86. The third kappa shape index (κ3) is 13.9. The second kappa shape index (κ2) is 11.3. The van der Waals surface area contributed by atoms with Gasteiger partial charge in [0.05, 0.1) is 11.8 Å². The second-order valence-electron chi connectivity index (χ2n) is 14.0. The molecule has 0 aromatic rings. The molecule has 204 valence electrons. The van der Waals surface area contributed by atoms with Crippen LogP contribution in [-0.2, 0) is 21.2 Å². The van der Waals surface area contributed by atoms with Gasteiger partial charge >= 0.3 is 25.7 Å². The normalized spacial score (nSPS) is 26.4. The van der Waals surface area contributed by atoms with E-state index in [2.05, 4.69) is 91.2 Å². The highest BCUT2D eigenvalue weighted by Crippen LogP contribution is 2.30. The van der Waals surface area contributed by atoms with E-state index in [0.29, 0.717) is 6.61 Å². The second-order valence-corrected chi connectivity index (χ2v) is 34.1. The van der Waals surface area contributed by atoms with Crippen LogP contribution >= 0.6 is 0 Å². The Labute approximate surface area is 216 Å². The van der Waals surface area contributed by atoms with Crippen molar-refractivity contribution in [2.24, 2.45) is 5.73 Å². The molecule has 0 amide bonds. The molecule has 3 N–H and O–H groups in total. The Balaban J connectivity index is 2.79.